The molecular weight excluding hydrogens is 238 g/mol. The van der Waals surface area contributed by atoms with E-state index in [1.54, 1.807) is 20.8 Å². The second-order valence-corrected chi connectivity index (χ2v) is 3.91. The number of rotatable bonds is 4. The number of hydrogen-bond acceptors (Lipinski definition) is 4. The number of aromatic amines is 1. The van der Waals surface area contributed by atoms with Gasteiger partial charge in [0.15, 0.2) is 0 Å². The van der Waals surface area contributed by atoms with Crippen LogP contribution in [-0.2, 0) is 4.79 Å². The Morgan fingerprint density at radius 3 is 2.56 bits per heavy atom. The molecule has 7 nitrogen and oxygen atoms in total. The maximum Gasteiger partial charge on any atom is 0.326 e. The molecule has 0 aromatic carbocycles. The molecule has 0 saturated heterocycles. The molecule has 1 rings (SSSR count). The quantitative estimate of drug-likeness (QED) is 0.698. The van der Waals surface area contributed by atoms with Crippen LogP contribution >= 0.6 is 0 Å². The molecule has 1 atom stereocenters. The molecule has 0 fully saturated rings. The van der Waals surface area contributed by atoms with Crippen LogP contribution in [0.25, 0.3) is 0 Å². The molecule has 3 N–H and O–H groups in total. The molecule has 7 heteroatoms. The number of carboxylic acids is 1. The minimum atomic E-state index is -1.13. The zero-order valence-corrected chi connectivity index (χ0v) is 10.4. The number of amides is 1. The summed E-state index contributed by atoms with van der Waals surface area (Å²) in [4.78, 5) is 34.3. The number of carbonyl (C=O) groups excluding carboxylic acids is 1. The third-order valence-corrected chi connectivity index (χ3v) is 2.71. The van der Waals surface area contributed by atoms with Gasteiger partial charge >= 0.3 is 5.97 Å². The topological polar surface area (TPSA) is 112 Å². The highest BCUT2D eigenvalue weighted by atomic mass is 16.4. The van der Waals surface area contributed by atoms with E-state index in [2.05, 4.69) is 15.5 Å². The Bertz CT molecular complexity index is 536. The minimum Gasteiger partial charge on any atom is -0.480 e. The smallest absolute Gasteiger partial charge is 0.326 e. The number of carbonyl (C=O) groups is 2. The third kappa shape index (κ3) is 2.73. The van der Waals surface area contributed by atoms with Gasteiger partial charge in [-0.2, -0.15) is 5.10 Å². The number of nitrogens with zero attached hydrogens (tertiary/aromatic N) is 1. The van der Waals surface area contributed by atoms with Gasteiger partial charge in [-0.25, -0.2) is 9.89 Å². The Balaban J connectivity index is 3.09. The standard InChI is InChI=1S/C11H15N3O4/c1-4-7(11(17)18)12-9(15)8-5(2)6(3)13-14-10(8)16/h7H,4H2,1-3H3,(H,12,15)(H,14,16)(H,17,18). The molecule has 0 aliphatic heterocycles. The number of hydrogen-bond donors (Lipinski definition) is 3. The van der Waals surface area contributed by atoms with Crippen LogP contribution in [0.15, 0.2) is 4.79 Å². The summed E-state index contributed by atoms with van der Waals surface area (Å²) >= 11 is 0. The van der Waals surface area contributed by atoms with Crippen molar-refractivity contribution in [2.75, 3.05) is 0 Å². The molecule has 0 spiro atoms. The van der Waals surface area contributed by atoms with Crippen molar-refractivity contribution in [2.24, 2.45) is 0 Å². The van der Waals surface area contributed by atoms with Crippen molar-refractivity contribution in [3.63, 3.8) is 0 Å². The lowest BCUT2D eigenvalue weighted by molar-refractivity contribution is -0.139. The molecule has 1 amide bonds. The van der Waals surface area contributed by atoms with Crippen LogP contribution < -0.4 is 10.9 Å². The highest BCUT2D eigenvalue weighted by Crippen LogP contribution is 2.05. The van der Waals surface area contributed by atoms with Crippen LogP contribution in [0, 0.1) is 13.8 Å². The summed E-state index contributed by atoms with van der Waals surface area (Å²) in [6.45, 7) is 4.87. The number of aromatic nitrogens is 2. The molecule has 1 aromatic rings. The Morgan fingerprint density at radius 1 is 1.44 bits per heavy atom. The van der Waals surface area contributed by atoms with Crippen LogP contribution in [-0.4, -0.2) is 33.2 Å². The molecule has 0 aliphatic rings. The molecule has 0 radical (unpaired) electrons. The fraction of sp³-hybridized carbons (Fsp3) is 0.455. The summed E-state index contributed by atoms with van der Waals surface area (Å²) in [5.41, 5.74) is 0.234. The minimum absolute atomic E-state index is 0.0952. The van der Waals surface area contributed by atoms with Gasteiger partial charge in [0.1, 0.15) is 11.6 Å². The van der Waals surface area contributed by atoms with Crippen LogP contribution in [0.4, 0.5) is 0 Å². The molecule has 18 heavy (non-hydrogen) atoms. The van der Waals surface area contributed by atoms with Crippen molar-refractivity contribution < 1.29 is 14.7 Å². The molecule has 1 unspecified atom stereocenters. The Labute approximate surface area is 103 Å². The third-order valence-electron chi connectivity index (χ3n) is 2.71. The second kappa shape index (κ2) is 5.44. The first-order valence-electron chi connectivity index (χ1n) is 5.48. The lowest BCUT2D eigenvalue weighted by Gasteiger charge is -2.13. The molecular formula is C11H15N3O4. The highest BCUT2D eigenvalue weighted by molar-refractivity contribution is 5.97. The Kier molecular flexibility index (Phi) is 4.19. The fourth-order valence-corrected chi connectivity index (χ4v) is 1.47. The second-order valence-electron chi connectivity index (χ2n) is 3.91. The summed E-state index contributed by atoms with van der Waals surface area (Å²) < 4.78 is 0. The van der Waals surface area contributed by atoms with E-state index in [9.17, 15) is 14.4 Å². The normalized spacial score (nSPS) is 11.9. The first kappa shape index (κ1) is 13.9. The van der Waals surface area contributed by atoms with Crippen molar-refractivity contribution in [1.29, 1.82) is 0 Å². The van der Waals surface area contributed by atoms with Gasteiger partial charge in [-0.3, -0.25) is 9.59 Å². The van der Waals surface area contributed by atoms with Crippen LogP contribution in [0.1, 0.15) is 35.0 Å². The van der Waals surface area contributed by atoms with E-state index in [1.807, 2.05) is 0 Å². The maximum absolute atomic E-state index is 11.9. The molecule has 1 aromatic heterocycles. The van der Waals surface area contributed by atoms with Crippen molar-refractivity contribution in [3.8, 4) is 0 Å². The van der Waals surface area contributed by atoms with E-state index in [-0.39, 0.29) is 12.0 Å². The van der Waals surface area contributed by atoms with Crippen LogP contribution in [0.2, 0.25) is 0 Å². The predicted octanol–water partition coefficient (Wildman–Crippen LogP) is -0.0203. The number of H-pyrrole nitrogens is 1. The van der Waals surface area contributed by atoms with Crippen LogP contribution in [0.5, 0.6) is 0 Å². The van der Waals surface area contributed by atoms with E-state index in [0.29, 0.717) is 11.3 Å². The zero-order chi connectivity index (χ0) is 13.9. The molecule has 0 aliphatic carbocycles. The lowest BCUT2D eigenvalue weighted by Crippen LogP contribution is -2.42. The maximum atomic E-state index is 11.9. The average molecular weight is 253 g/mol. The Morgan fingerprint density at radius 2 is 2.06 bits per heavy atom. The number of carboxylic acid groups (broad SMARTS) is 1. The average Bonchev–Trinajstić information content (AvgIpc) is 2.31. The van der Waals surface area contributed by atoms with Gasteiger partial charge in [0, 0.05) is 0 Å². The van der Waals surface area contributed by atoms with E-state index >= 15 is 0 Å². The van der Waals surface area contributed by atoms with Gasteiger partial charge in [0.2, 0.25) is 0 Å². The van der Waals surface area contributed by atoms with Gasteiger partial charge in [-0.05, 0) is 25.8 Å². The molecule has 98 valence electrons. The van der Waals surface area contributed by atoms with E-state index in [1.165, 1.54) is 0 Å². The summed E-state index contributed by atoms with van der Waals surface area (Å²) in [5.74, 6) is -1.83. The van der Waals surface area contributed by atoms with Crippen molar-refractivity contribution >= 4 is 11.9 Å². The first-order valence-corrected chi connectivity index (χ1v) is 5.48. The van der Waals surface area contributed by atoms with Gasteiger partial charge in [-0.15, -0.1) is 0 Å². The monoisotopic (exact) mass is 253 g/mol. The van der Waals surface area contributed by atoms with E-state index < -0.39 is 23.5 Å². The number of aryl methyl sites for hydroxylation is 1. The van der Waals surface area contributed by atoms with Gasteiger partial charge in [0.25, 0.3) is 11.5 Å². The highest BCUT2D eigenvalue weighted by Gasteiger charge is 2.22. The Hall–Kier alpha value is -2.18. The van der Waals surface area contributed by atoms with E-state index in [0.717, 1.165) is 0 Å². The SMILES string of the molecule is CCC(NC(=O)c1c(C)c(C)n[nH]c1=O)C(=O)O. The van der Waals surface area contributed by atoms with Crippen LogP contribution in [0.3, 0.4) is 0 Å². The van der Waals surface area contributed by atoms with Crippen molar-refractivity contribution in [3.05, 3.63) is 27.2 Å². The lowest BCUT2D eigenvalue weighted by atomic mass is 10.1. The fourth-order valence-electron chi connectivity index (χ4n) is 1.47. The predicted molar refractivity (Wildman–Crippen MR) is 63.5 cm³/mol. The van der Waals surface area contributed by atoms with Crippen molar-refractivity contribution in [2.45, 2.75) is 33.2 Å². The van der Waals surface area contributed by atoms with E-state index in [4.69, 9.17) is 5.11 Å². The van der Waals surface area contributed by atoms with Gasteiger partial charge in [-0.1, -0.05) is 6.92 Å². The first-order chi connectivity index (χ1) is 8.38. The molecule has 0 bridgehead atoms. The summed E-state index contributed by atoms with van der Waals surface area (Å²) in [6.07, 6.45) is 0.238. The zero-order valence-electron chi connectivity index (χ0n) is 10.4. The summed E-state index contributed by atoms with van der Waals surface area (Å²) in [5, 5.41) is 17.1. The number of nitrogens with one attached hydrogen (secondary N) is 2. The summed E-state index contributed by atoms with van der Waals surface area (Å²) in [7, 11) is 0. The van der Waals surface area contributed by atoms with Crippen molar-refractivity contribution in [1.82, 2.24) is 15.5 Å². The number of aliphatic carboxylic acids is 1. The largest absolute Gasteiger partial charge is 0.480 e. The summed E-state index contributed by atoms with van der Waals surface area (Å²) in [6, 6.07) is -1.01. The molecule has 1 heterocycles. The van der Waals surface area contributed by atoms with Gasteiger partial charge < -0.3 is 10.4 Å². The molecule has 0 saturated carbocycles. The van der Waals surface area contributed by atoms with Gasteiger partial charge in [0.05, 0.1) is 5.69 Å².